The molecule has 0 aliphatic carbocycles. The number of ether oxygens (including phenoxy) is 2. The first-order chi connectivity index (χ1) is 10.3. The molecule has 1 aromatic rings. The average Bonchev–Trinajstić information content (AvgIpc) is 2.76. The third kappa shape index (κ3) is 3.13. The number of benzene rings is 1. The van der Waals surface area contributed by atoms with Crippen LogP contribution in [0.1, 0.15) is 37.3 Å². The molecular formula is C16H21NO4. The van der Waals surface area contributed by atoms with Crippen molar-refractivity contribution < 1.29 is 19.4 Å². The van der Waals surface area contributed by atoms with Crippen LogP contribution in [0.15, 0.2) is 18.2 Å². The molecule has 1 unspecified atom stereocenters. The highest BCUT2D eigenvalue weighted by Gasteiger charge is 2.29. The van der Waals surface area contributed by atoms with Gasteiger partial charge in [-0.15, -0.1) is 0 Å². The van der Waals surface area contributed by atoms with Crippen LogP contribution in [0.2, 0.25) is 0 Å². The minimum Gasteiger partial charge on any atom is -0.486 e. The van der Waals surface area contributed by atoms with Crippen molar-refractivity contribution >= 4 is 5.97 Å². The van der Waals surface area contributed by atoms with Crippen LogP contribution in [0.5, 0.6) is 11.5 Å². The van der Waals surface area contributed by atoms with Crippen molar-refractivity contribution in [3.8, 4) is 11.5 Å². The third-order valence-corrected chi connectivity index (χ3v) is 4.12. The molecule has 0 bridgehead atoms. The fourth-order valence-corrected chi connectivity index (χ4v) is 3.09. The normalized spacial score (nSPS) is 20.6. The van der Waals surface area contributed by atoms with Crippen molar-refractivity contribution in [3.63, 3.8) is 0 Å². The molecule has 5 heteroatoms. The zero-order chi connectivity index (χ0) is 14.7. The van der Waals surface area contributed by atoms with Gasteiger partial charge in [-0.1, -0.05) is 18.9 Å². The average molecular weight is 291 g/mol. The SMILES string of the molecule is O=C(O)C(c1ccc2c(c1)OCCO2)N1CCCCCC1. The van der Waals surface area contributed by atoms with Gasteiger partial charge in [0.1, 0.15) is 19.3 Å². The number of carboxylic acid groups (broad SMARTS) is 1. The van der Waals surface area contributed by atoms with Gasteiger partial charge < -0.3 is 14.6 Å². The van der Waals surface area contributed by atoms with E-state index in [0.29, 0.717) is 24.7 Å². The van der Waals surface area contributed by atoms with E-state index in [2.05, 4.69) is 4.90 Å². The number of hydrogen-bond donors (Lipinski definition) is 1. The van der Waals surface area contributed by atoms with Crippen molar-refractivity contribution in [2.24, 2.45) is 0 Å². The Bertz CT molecular complexity index is 509. The standard InChI is InChI=1S/C16H21NO4/c18-16(19)15(17-7-3-1-2-4-8-17)12-5-6-13-14(11-12)21-10-9-20-13/h5-6,11,15H,1-4,7-10H2,(H,18,19). The molecule has 0 amide bonds. The Kier molecular flexibility index (Phi) is 4.29. The maximum absolute atomic E-state index is 11.8. The van der Waals surface area contributed by atoms with E-state index in [-0.39, 0.29) is 0 Å². The van der Waals surface area contributed by atoms with Gasteiger partial charge in [0, 0.05) is 0 Å². The molecule has 0 spiro atoms. The second-order valence-electron chi connectivity index (χ2n) is 5.59. The maximum Gasteiger partial charge on any atom is 0.325 e. The number of fused-ring (bicyclic) bond motifs is 1. The number of carbonyl (C=O) groups is 1. The molecule has 2 aliphatic heterocycles. The number of carboxylic acids is 1. The molecule has 5 nitrogen and oxygen atoms in total. The van der Waals surface area contributed by atoms with E-state index in [9.17, 15) is 9.90 Å². The summed E-state index contributed by atoms with van der Waals surface area (Å²) in [5, 5.41) is 9.66. The molecule has 0 saturated carbocycles. The molecule has 0 aromatic heterocycles. The molecule has 114 valence electrons. The number of aliphatic carboxylic acids is 1. The first-order valence-corrected chi connectivity index (χ1v) is 7.62. The van der Waals surface area contributed by atoms with Crippen molar-refractivity contribution in [1.29, 1.82) is 0 Å². The minimum atomic E-state index is -0.798. The highest BCUT2D eigenvalue weighted by Crippen LogP contribution is 2.34. The van der Waals surface area contributed by atoms with Crippen LogP contribution < -0.4 is 9.47 Å². The fraction of sp³-hybridized carbons (Fsp3) is 0.562. The Balaban J connectivity index is 1.87. The van der Waals surface area contributed by atoms with Gasteiger partial charge in [0.2, 0.25) is 0 Å². The fourth-order valence-electron chi connectivity index (χ4n) is 3.09. The predicted molar refractivity (Wildman–Crippen MR) is 77.8 cm³/mol. The van der Waals surface area contributed by atoms with Crippen LogP contribution >= 0.6 is 0 Å². The lowest BCUT2D eigenvalue weighted by atomic mass is 10.0. The van der Waals surface area contributed by atoms with Crippen molar-refractivity contribution in [2.75, 3.05) is 26.3 Å². The summed E-state index contributed by atoms with van der Waals surface area (Å²) < 4.78 is 11.1. The molecule has 1 atom stereocenters. The second kappa shape index (κ2) is 6.35. The molecule has 1 aromatic carbocycles. The summed E-state index contributed by atoms with van der Waals surface area (Å²) in [6, 6.07) is 4.88. The first-order valence-electron chi connectivity index (χ1n) is 7.62. The lowest BCUT2D eigenvalue weighted by Gasteiger charge is -2.28. The molecular weight excluding hydrogens is 270 g/mol. The van der Waals surface area contributed by atoms with Gasteiger partial charge in [-0.25, -0.2) is 0 Å². The van der Waals surface area contributed by atoms with E-state index in [1.165, 1.54) is 12.8 Å². The zero-order valence-corrected chi connectivity index (χ0v) is 12.1. The van der Waals surface area contributed by atoms with Crippen molar-refractivity contribution in [2.45, 2.75) is 31.7 Å². The summed E-state index contributed by atoms with van der Waals surface area (Å²) in [5.74, 6) is 0.554. The van der Waals surface area contributed by atoms with Crippen LogP contribution in [0.3, 0.4) is 0 Å². The number of rotatable bonds is 3. The van der Waals surface area contributed by atoms with E-state index in [0.717, 1.165) is 31.5 Å². The van der Waals surface area contributed by atoms with Gasteiger partial charge in [-0.3, -0.25) is 9.69 Å². The molecule has 0 radical (unpaired) electrons. The second-order valence-corrected chi connectivity index (χ2v) is 5.59. The summed E-state index contributed by atoms with van der Waals surface area (Å²) in [6.45, 7) is 2.73. The molecule has 2 heterocycles. The molecule has 21 heavy (non-hydrogen) atoms. The van der Waals surface area contributed by atoms with Gasteiger partial charge >= 0.3 is 5.97 Å². The Morgan fingerprint density at radius 3 is 2.38 bits per heavy atom. The molecule has 1 N–H and O–H groups in total. The van der Waals surface area contributed by atoms with Crippen molar-refractivity contribution in [3.05, 3.63) is 23.8 Å². The summed E-state index contributed by atoms with van der Waals surface area (Å²) in [7, 11) is 0. The van der Waals surface area contributed by atoms with Crippen LogP contribution in [0.4, 0.5) is 0 Å². The Morgan fingerprint density at radius 2 is 1.71 bits per heavy atom. The van der Waals surface area contributed by atoms with E-state index >= 15 is 0 Å². The van der Waals surface area contributed by atoms with Gasteiger partial charge in [0.25, 0.3) is 0 Å². The lowest BCUT2D eigenvalue weighted by Crippen LogP contribution is -2.35. The Hall–Kier alpha value is -1.75. The van der Waals surface area contributed by atoms with E-state index < -0.39 is 12.0 Å². The van der Waals surface area contributed by atoms with Crippen LogP contribution in [-0.2, 0) is 4.79 Å². The van der Waals surface area contributed by atoms with Gasteiger partial charge in [-0.05, 0) is 43.6 Å². The highest BCUT2D eigenvalue weighted by atomic mass is 16.6. The molecule has 3 rings (SSSR count). The number of hydrogen-bond acceptors (Lipinski definition) is 4. The van der Waals surface area contributed by atoms with Gasteiger partial charge in [0.05, 0.1) is 0 Å². The van der Waals surface area contributed by atoms with E-state index in [4.69, 9.17) is 9.47 Å². The molecule has 1 fully saturated rings. The van der Waals surface area contributed by atoms with Crippen LogP contribution in [0.25, 0.3) is 0 Å². The van der Waals surface area contributed by atoms with E-state index in [1.54, 1.807) is 0 Å². The van der Waals surface area contributed by atoms with Gasteiger partial charge in [-0.2, -0.15) is 0 Å². The third-order valence-electron chi connectivity index (χ3n) is 4.12. The topological polar surface area (TPSA) is 59.0 Å². The van der Waals surface area contributed by atoms with Crippen molar-refractivity contribution in [1.82, 2.24) is 4.90 Å². The van der Waals surface area contributed by atoms with Crippen LogP contribution in [-0.4, -0.2) is 42.3 Å². The smallest absolute Gasteiger partial charge is 0.325 e. The highest BCUT2D eigenvalue weighted by molar-refractivity contribution is 5.76. The molecule has 2 aliphatic rings. The number of nitrogens with zero attached hydrogens (tertiary/aromatic N) is 1. The summed E-state index contributed by atoms with van der Waals surface area (Å²) in [4.78, 5) is 13.8. The van der Waals surface area contributed by atoms with Gasteiger partial charge in [0.15, 0.2) is 11.5 Å². The summed E-state index contributed by atoms with van der Waals surface area (Å²) in [5.41, 5.74) is 0.772. The summed E-state index contributed by atoms with van der Waals surface area (Å²) >= 11 is 0. The quantitative estimate of drug-likeness (QED) is 0.927. The Labute approximate surface area is 124 Å². The Morgan fingerprint density at radius 1 is 1.05 bits per heavy atom. The van der Waals surface area contributed by atoms with Crippen LogP contribution in [0, 0.1) is 0 Å². The molecule has 1 saturated heterocycles. The summed E-state index contributed by atoms with van der Waals surface area (Å²) in [6.07, 6.45) is 4.50. The monoisotopic (exact) mass is 291 g/mol. The zero-order valence-electron chi connectivity index (χ0n) is 12.1. The predicted octanol–water partition coefficient (Wildman–Crippen LogP) is 2.46. The largest absolute Gasteiger partial charge is 0.486 e. The number of likely N-dealkylation sites (tertiary alicyclic amines) is 1. The van der Waals surface area contributed by atoms with E-state index in [1.807, 2.05) is 18.2 Å². The first kappa shape index (κ1) is 14.2. The maximum atomic E-state index is 11.8. The minimum absolute atomic E-state index is 0.512. The lowest BCUT2D eigenvalue weighted by molar-refractivity contribution is -0.143.